The second-order valence-electron chi connectivity index (χ2n) is 8.94. The monoisotopic (exact) mass is 500 g/mol. The number of ether oxygens (including phenoxy) is 1. The molecule has 0 amide bonds. The van der Waals surface area contributed by atoms with Crippen LogP contribution in [0.2, 0.25) is 0 Å². The number of unbranched alkanes of at least 4 members (excludes halogenated alkanes) is 8. The number of benzene rings is 2. The van der Waals surface area contributed by atoms with E-state index in [0.717, 1.165) is 16.8 Å². The summed E-state index contributed by atoms with van der Waals surface area (Å²) >= 11 is 3.41. The van der Waals surface area contributed by atoms with Gasteiger partial charge in [-0.3, -0.25) is 4.79 Å². The molecule has 1 atom stereocenters. The van der Waals surface area contributed by atoms with Crippen molar-refractivity contribution in [1.82, 2.24) is 0 Å². The lowest BCUT2D eigenvalue weighted by atomic mass is 9.95. The summed E-state index contributed by atoms with van der Waals surface area (Å²) < 4.78 is 7.13. The van der Waals surface area contributed by atoms with Crippen molar-refractivity contribution in [2.24, 2.45) is 5.92 Å². The summed E-state index contributed by atoms with van der Waals surface area (Å²) in [6.07, 6.45) is 15.8. The van der Waals surface area contributed by atoms with Crippen molar-refractivity contribution in [3.8, 4) is 5.75 Å². The Morgan fingerprint density at radius 1 is 0.719 bits per heavy atom. The van der Waals surface area contributed by atoms with Crippen molar-refractivity contribution in [1.29, 1.82) is 0 Å². The Morgan fingerprint density at radius 3 is 1.75 bits per heavy atom. The number of rotatable bonds is 17. The molecule has 3 heteroatoms. The van der Waals surface area contributed by atoms with Crippen molar-refractivity contribution < 1.29 is 9.53 Å². The topological polar surface area (TPSA) is 26.3 Å². The van der Waals surface area contributed by atoms with Gasteiger partial charge in [0.25, 0.3) is 0 Å². The largest absolute Gasteiger partial charge is 0.493 e. The molecule has 0 spiro atoms. The van der Waals surface area contributed by atoms with Gasteiger partial charge >= 0.3 is 0 Å². The molecule has 0 radical (unpaired) electrons. The normalized spacial score (nSPS) is 12.0. The maximum absolute atomic E-state index is 12.7. The van der Waals surface area contributed by atoms with Gasteiger partial charge in [0.2, 0.25) is 0 Å². The molecule has 0 heterocycles. The maximum Gasteiger partial charge on any atom is 0.193 e. The third-order valence-electron chi connectivity index (χ3n) is 6.14. The first-order valence-electron chi connectivity index (χ1n) is 12.7. The molecule has 0 N–H and O–H groups in total. The predicted molar refractivity (Wildman–Crippen MR) is 140 cm³/mol. The number of halogens is 1. The first-order chi connectivity index (χ1) is 15.6. The molecule has 0 saturated carbocycles. The zero-order valence-electron chi connectivity index (χ0n) is 20.1. The van der Waals surface area contributed by atoms with Crippen molar-refractivity contribution in [3.63, 3.8) is 0 Å². The fraction of sp³-hybridized carbons (Fsp3) is 0.552. The van der Waals surface area contributed by atoms with E-state index in [0.29, 0.717) is 17.0 Å². The van der Waals surface area contributed by atoms with Gasteiger partial charge in [-0.25, -0.2) is 0 Å². The van der Waals surface area contributed by atoms with Crippen molar-refractivity contribution in [3.05, 3.63) is 64.1 Å². The zero-order chi connectivity index (χ0) is 23.0. The molecular formula is C29H41BrO2. The molecule has 32 heavy (non-hydrogen) atoms. The van der Waals surface area contributed by atoms with Gasteiger partial charge < -0.3 is 4.74 Å². The molecule has 0 aliphatic carbocycles. The molecule has 0 aromatic heterocycles. The summed E-state index contributed by atoms with van der Waals surface area (Å²) in [5.74, 6) is 1.53. The molecule has 0 aliphatic heterocycles. The minimum atomic E-state index is 0.0425. The summed E-state index contributed by atoms with van der Waals surface area (Å²) in [7, 11) is 0. The van der Waals surface area contributed by atoms with E-state index in [1.807, 2.05) is 48.5 Å². The van der Waals surface area contributed by atoms with Crippen LogP contribution in [-0.4, -0.2) is 12.4 Å². The highest BCUT2D eigenvalue weighted by atomic mass is 79.9. The molecular weight excluding hydrogens is 460 g/mol. The van der Waals surface area contributed by atoms with E-state index in [2.05, 4.69) is 29.8 Å². The van der Waals surface area contributed by atoms with Crippen LogP contribution in [0.15, 0.2) is 53.0 Å². The van der Waals surface area contributed by atoms with Crippen molar-refractivity contribution in [2.45, 2.75) is 90.9 Å². The Bertz CT molecular complexity index is 752. The highest BCUT2D eigenvalue weighted by Crippen LogP contribution is 2.22. The van der Waals surface area contributed by atoms with E-state index in [9.17, 15) is 4.79 Å². The molecule has 0 fully saturated rings. The third kappa shape index (κ3) is 10.3. The molecule has 2 aromatic rings. The second-order valence-corrected chi connectivity index (χ2v) is 9.86. The number of hydrogen-bond donors (Lipinski definition) is 0. The molecule has 2 nitrogen and oxygen atoms in total. The van der Waals surface area contributed by atoms with Crippen LogP contribution < -0.4 is 4.74 Å². The summed E-state index contributed by atoms with van der Waals surface area (Å²) in [4.78, 5) is 12.7. The Balaban J connectivity index is 1.83. The summed E-state index contributed by atoms with van der Waals surface area (Å²) in [5, 5.41) is 0. The van der Waals surface area contributed by atoms with E-state index in [-0.39, 0.29) is 5.78 Å². The zero-order valence-corrected chi connectivity index (χ0v) is 21.7. The van der Waals surface area contributed by atoms with Crippen LogP contribution in [0.3, 0.4) is 0 Å². The van der Waals surface area contributed by atoms with Gasteiger partial charge in [-0.15, -0.1) is 0 Å². The summed E-state index contributed by atoms with van der Waals surface area (Å²) in [6.45, 7) is 5.32. The fourth-order valence-electron chi connectivity index (χ4n) is 4.07. The first kappa shape index (κ1) is 26.6. The number of ketones is 1. The summed E-state index contributed by atoms with van der Waals surface area (Å²) in [5.41, 5.74) is 1.40. The van der Waals surface area contributed by atoms with E-state index >= 15 is 0 Å². The number of carbonyl (C=O) groups is 1. The Morgan fingerprint density at radius 2 is 1.19 bits per heavy atom. The molecule has 2 aromatic carbocycles. The molecule has 1 unspecified atom stereocenters. The molecule has 0 aliphatic rings. The first-order valence-corrected chi connectivity index (χ1v) is 13.5. The third-order valence-corrected chi connectivity index (χ3v) is 6.67. The molecule has 2 rings (SSSR count). The Hall–Kier alpha value is -1.61. The highest BCUT2D eigenvalue weighted by Gasteiger charge is 2.12. The van der Waals surface area contributed by atoms with Crippen molar-refractivity contribution in [2.75, 3.05) is 6.61 Å². The predicted octanol–water partition coefficient (Wildman–Crippen LogP) is 9.40. The van der Waals surface area contributed by atoms with E-state index in [1.165, 1.54) is 77.0 Å². The van der Waals surface area contributed by atoms with Gasteiger partial charge in [0.05, 0.1) is 6.61 Å². The van der Waals surface area contributed by atoms with Crippen LogP contribution >= 0.6 is 15.9 Å². The molecule has 176 valence electrons. The van der Waals surface area contributed by atoms with Crippen molar-refractivity contribution >= 4 is 21.7 Å². The maximum atomic E-state index is 12.7. The van der Waals surface area contributed by atoms with Crippen LogP contribution in [-0.2, 0) is 0 Å². The van der Waals surface area contributed by atoms with Crippen LogP contribution in [0, 0.1) is 5.92 Å². The lowest BCUT2D eigenvalue weighted by Gasteiger charge is -2.18. The van der Waals surface area contributed by atoms with Gasteiger partial charge in [-0.05, 0) is 67.3 Å². The van der Waals surface area contributed by atoms with Gasteiger partial charge in [0.1, 0.15) is 5.75 Å². The minimum absolute atomic E-state index is 0.0425. The van der Waals surface area contributed by atoms with E-state index < -0.39 is 0 Å². The Labute approximate surface area is 204 Å². The molecule has 0 bridgehead atoms. The van der Waals surface area contributed by atoms with Gasteiger partial charge in [-0.2, -0.15) is 0 Å². The summed E-state index contributed by atoms with van der Waals surface area (Å²) in [6, 6.07) is 15.1. The van der Waals surface area contributed by atoms with Gasteiger partial charge in [0.15, 0.2) is 5.78 Å². The second kappa shape index (κ2) is 16.1. The Kier molecular flexibility index (Phi) is 13.4. The average Bonchev–Trinajstić information content (AvgIpc) is 2.82. The average molecular weight is 502 g/mol. The van der Waals surface area contributed by atoms with Gasteiger partial charge in [0, 0.05) is 15.6 Å². The lowest BCUT2D eigenvalue weighted by molar-refractivity contribution is 0.103. The highest BCUT2D eigenvalue weighted by molar-refractivity contribution is 9.10. The molecule has 0 saturated heterocycles. The van der Waals surface area contributed by atoms with Crippen LogP contribution in [0.5, 0.6) is 5.75 Å². The van der Waals surface area contributed by atoms with Crippen LogP contribution in [0.25, 0.3) is 0 Å². The SMILES string of the molecule is CCCCCCCCC(CCCCCC)COc1ccc(C(=O)c2ccc(Br)cc2)cc1. The minimum Gasteiger partial charge on any atom is -0.493 e. The van der Waals surface area contributed by atoms with E-state index in [4.69, 9.17) is 4.74 Å². The standard InChI is InChI=1S/C29H41BrO2/c1-3-5-7-9-10-12-14-24(13-11-8-6-4-2)23-32-28-21-17-26(18-22-28)29(31)25-15-19-27(30)20-16-25/h15-22,24H,3-14,23H2,1-2H3. The fourth-order valence-corrected chi connectivity index (χ4v) is 4.33. The number of carbonyl (C=O) groups excluding carboxylic acids is 1. The number of hydrogen-bond acceptors (Lipinski definition) is 2. The lowest BCUT2D eigenvalue weighted by Crippen LogP contribution is -2.12. The quantitative estimate of drug-likeness (QED) is 0.159. The van der Waals surface area contributed by atoms with Crippen LogP contribution in [0.4, 0.5) is 0 Å². The van der Waals surface area contributed by atoms with E-state index in [1.54, 1.807) is 0 Å². The van der Waals surface area contributed by atoms with Gasteiger partial charge in [-0.1, -0.05) is 94.0 Å². The van der Waals surface area contributed by atoms with Crippen LogP contribution in [0.1, 0.15) is 107 Å². The smallest absolute Gasteiger partial charge is 0.193 e.